The van der Waals surface area contributed by atoms with Crippen molar-refractivity contribution < 1.29 is 24.2 Å². The Balaban J connectivity index is 1.77. The molecule has 1 unspecified atom stereocenters. The van der Waals surface area contributed by atoms with Crippen molar-refractivity contribution in [2.45, 2.75) is 18.9 Å². The van der Waals surface area contributed by atoms with Gasteiger partial charge >= 0.3 is 0 Å². The molecular formula is C28H24N2O5. The van der Waals surface area contributed by atoms with Gasteiger partial charge in [0.05, 0.1) is 37.5 Å². The van der Waals surface area contributed by atoms with Crippen LogP contribution in [0.15, 0.2) is 84.1 Å². The van der Waals surface area contributed by atoms with E-state index in [2.05, 4.69) is 0 Å². The topological polar surface area (TPSA) is 99.9 Å². The Kier molecular flexibility index (Phi) is 6.83. The number of ketones is 1. The molecule has 3 aromatic carbocycles. The maximum Gasteiger partial charge on any atom is 0.294 e. The molecule has 1 amide bonds. The summed E-state index contributed by atoms with van der Waals surface area (Å²) in [6, 6.07) is 22.2. The third kappa shape index (κ3) is 4.59. The molecule has 0 spiro atoms. The third-order valence-corrected chi connectivity index (χ3v) is 5.99. The number of carbonyl (C=O) groups is 2. The van der Waals surface area contributed by atoms with Crippen LogP contribution in [-0.4, -0.2) is 31.0 Å². The second-order valence-electron chi connectivity index (χ2n) is 8.02. The lowest BCUT2D eigenvalue weighted by Crippen LogP contribution is -2.31. The van der Waals surface area contributed by atoms with Gasteiger partial charge in [-0.1, -0.05) is 36.4 Å². The monoisotopic (exact) mass is 468 g/mol. The molecular weight excluding hydrogens is 444 g/mol. The van der Waals surface area contributed by atoms with E-state index in [0.717, 1.165) is 5.56 Å². The Hall–Kier alpha value is -4.57. The van der Waals surface area contributed by atoms with Gasteiger partial charge in [0, 0.05) is 12.1 Å². The van der Waals surface area contributed by atoms with E-state index in [1.807, 2.05) is 36.4 Å². The predicted octanol–water partition coefficient (Wildman–Crippen LogP) is 4.68. The van der Waals surface area contributed by atoms with Crippen LogP contribution >= 0.6 is 0 Å². The number of carbonyl (C=O) groups excluding carboxylic acids is 2. The minimum Gasteiger partial charge on any atom is -0.503 e. The number of anilines is 1. The van der Waals surface area contributed by atoms with Gasteiger partial charge < -0.3 is 14.6 Å². The average molecular weight is 469 g/mol. The molecule has 35 heavy (non-hydrogen) atoms. The summed E-state index contributed by atoms with van der Waals surface area (Å²) in [5, 5.41) is 20.0. The lowest BCUT2D eigenvalue weighted by atomic mass is 9.92. The zero-order chi connectivity index (χ0) is 24.9. The van der Waals surface area contributed by atoms with Gasteiger partial charge in [0.1, 0.15) is 0 Å². The number of benzene rings is 3. The van der Waals surface area contributed by atoms with Gasteiger partial charge in [0.15, 0.2) is 23.0 Å². The molecule has 7 heteroatoms. The number of methoxy groups -OCH3 is 2. The zero-order valence-corrected chi connectivity index (χ0v) is 19.4. The lowest BCUT2D eigenvalue weighted by Gasteiger charge is -2.27. The van der Waals surface area contributed by atoms with Crippen LogP contribution in [-0.2, 0) is 16.0 Å². The van der Waals surface area contributed by atoms with E-state index in [4.69, 9.17) is 14.7 Å². The predicted molar refractivity (Wildman–Crippen MR) is 130 cm³/mol. The van der Waals surface area contributed by atoms with Crippen LogP contribution < -0.4 is 14.4 Å². The van der Waals surface area contributed by atoms with E-state index in [1.54, 1.807) is 42.5 Å². The van der Waals surface area contributed by atoms with Crippen molar-refractivity contribution in [3.63, 3.8) is 0 Å². The van der Waals surface area contributed by atoms with E-state index < -0.39 is 17.7 Å². The third-order valence-electron chi connectivity index (χ3n) is 5.99. The van der Waals surface area contributed by atoms with E-state index in [-0.39, 0.29) is 17.8 Å². The van der Waals surface area contributed by atoms with Crippen molar-refractivity contribution in [3.05, 3.63) is 101 Å². The minimum absolute atomic E-state index is 0.0301. The quantitative estimate of drug-likeness (QED) is 0.515. The maximum atomic E-state index is 13.4. The van der Waals surface area contributed by atoms with E-state index >= 15 is 0 Å². The Morgan fingerprint density at radius 1 is 1.00 bits per heavy atom. The molecule has 1 heterocycles. The van der Waals surface area contributed by atoms with Crippen LogP contribution in [0, 0.1) is 11.3 Å². The summed E-state index contributed by atoms with van der Waals surface area (Å²) in [6.45, 7) is 0. The molecule has 1 atom stereocenters. The van der Waals surface area contributed by atoms with Crippen molar-refractivity contribution in [2.24, 2.45) is 0 Å². The normalized spacial score (nSPS) is 15.2. The smallest absolute Gasteiger partial charge is 0.294 e. The van der Waals surface area contributed by atoms with Gasteiger partial charge in [-0.15, -0.1) is 0 Å². The highest BCUT2D eigenvalue weighted by atomic mass is 16.5. The SMILES string of the molecule is COc1ccc(C2C(C(=O)CCc3ccccc3)=C(O)C(=O)N2c2ccc(C#N)cc2)cc1OC. The van der Waals surface area contributed by atoms with Crippen LogP contribution in [0.25, 0.3) is 0 Å². The summed E-state index contributed by atoms with van der Waals surface area (Å²) in [5.41, 5.74) is 2.47. The number of aryl methyl sites for hydroxylation is 1. The first-order chi connectivity index (χ1) is 17.0. The van der Waals surface area contributed by atoms with Crippen molar-refractivity contribution in [2.75, 3.05) is 19.1 Å². The van der Waals surface area contributed by atoms with Crippen molar-refractivity contribution in [3.8, 4) is 17.6 Å². The molecule has 1 aliphatic rings. The molecule has 3 aromatic rings. The van der Waals surface area contributed by atoms with Crippen LogP contribution in [0.5, 0.6) is 11.5 Å². The summed E-state index contributed by atoms with van der Waals surface area (Å²) in [6.07, 6.45) is 0.599. The molecule has 0 aromatic heterocycles. The van der Waals surface area contributed by atoms with Gasteiger partial charge in [-0.05, 0) is 53.9 Å². The van der Waals surface area contributed by atoms with Gasteiger partial charge in [-0.25, -0.2) is 0 Å². The Labute approximate surface area is 203 Å². The molecule has 0 bridgehead atoms. The van der Waals surface area contributed by atoms with E-state index in [1.165, 1.54) is 19.1 Å². The molecule has 1 N–H and O–H groups in total. The van der Waals surface area contributed by atoms with E-state index in [0.29, 0.717) is 34.7 Å². The number of hydrogen-bond acceptors (Lipinski definition) is 6. The zero-order valence-electron chi connectivity index (χ0n) is 19.4. The summed E-state index contributed by atoms with van der Waals surface area (Å²) >= 11 is 0. The summed E-state index contributed by atoms with van der Waals surface area (Å²) in [4.78, 5) is 28.0. The second-order valence-corrected chi connectivity index (χ2v) is 8.02. The Morgan fingerprint density at radius 2 is 1.69 bits per heavy atom. The fourth-order valence-corrected chi connectivity index (χ4v) is 4.23. The molecule has 0 aliphatic carbocycles. The molecule has 176 valence electrons. The largest absolute Gasteiger partial charge is 0.503 e. The van der Waals surface area contributed by atoms with Crippen LogP contribution in [0.1, 0.15) is 29.2 Å². The van der Waals surface area contributed by atoms with Gasteiger partial charge in [0.25, 0.3) is 5.91 Å². The standard InChI is InChI=1S/C28H24N2O5/c1-34-23-15-11-20(16-24(23)35-2)26-25(22(31)14-10-18-6-4-3-5-7-18)27(32)28(33)30(26)21-12-8-19(17-29)9-13-21/h3-9,11-13,15-16,26,32H,10,14H2,1-2H3. The first kappa shape index (κ1) is 23.6. The molecule has 0 radical (unpaired) electrons. The van der Waals surface area contributed by atoms with E-state index in [9.17, 15) is 14.7 Å². The highest BCUT2D eigenvalue weighted by molar-refractivity contribution is 6.16. The number of nitrogens with zero attached hydrogens (tertiary/aromatic N) is 2. The molecule has 4 rings (SSSR count). The Morgan fingerprint density at radius 3 is 2.31 bits per heavy atom. The van der Waals surface area contributed by atoms with Crippen LogP contribution in [0.2, 0.25) is 0 Å². The summed E-state index contributed by atoms with van der Waals surface area (Å²) in [5.74, 6) is -0.657. The number of hydrogen-bond donors (Lipinski definition) is 1. The van der Waals surface area contributed by atoms with Crippen molar-refractivity contribution >= 4 is 17.4 Å². The molecule has 0 saturated carbocycles. The highest BCUT2D eigenvalue weighted by Crippen LogP contribution is 2.43. The fraction of sp³-hybridized carbons (Fsp3) is 0.179. The van der Waals surface area contributed by atoms with Crippen LogP contribution in [0.3, 0.4) is 0 Å². The molecule has 0 fully saturated rings. The van der Waals surface area contributed by atoms with Gasteiger partial charge in [-0.3, -0.25) is 14.5 Å². The first-order valence-electron chi connectivity index (χ1n) is 11.0. The average Bonchev–Trinajstić information content (AvgIpc) is 3.17. The number of Topliss-reactive ketones (excluding diaryl/α,β-unsaturated/α-hetero) is 1. The number of rotatable bonds is 8. The summed E-state index contributed by atoms with van der Waals surface area (Å²) in [7, 11) is 3.02. The van der Waals surface area contributed by atoms with Crippen LogP contribution in [0.4, 0.5) is 5.69 Å². The number of amides is 1. The fourth-order valence-electron chi connectivity index (χ4n) is 4.23. The highest BCUT2D eigenvalue weighted by Gasteiger charge is 2.44. The Bertz CT molecular complexity index is 1320. The molecule has 1 aliphatic heterocycles. The number of nitriles is 1. The van der Waals surface area contributed by atoms with Gasteiger partial charge in [0.2, 0.25) is 0 Å². The van der Waals surface area contributed by atoms with Crippen molar-refractivity contribution in [1.82, 2.24) is 0 Å². The maximum absolute atomic E-state index is 13.4. The molecule has 7 nitrogen and oxygen atoms in total. The summed E-state index contributed by atoms with van der Waals surface area (Å²) < 4.78 is 10.8. The molecule has 0 saturated heterocycles. The second kappa shape index (κ2) is 10.1. The lowest BCUT2D eigenvalue weighted by molar-refractivity contribution is -0.118. The first-order valence-corrected chi connectivity index (χ1v) is 11.0. The number of ether oxygens (including phenoxy) is 2. The minimum atomic E-state index is -0.876. The van der Waals surface area contributed by atoms with Gasteiger partial charge in [-0.2, -0.15) is 5.26 Å². The number of aliphatic hydroxyl groups excluding tert-OH is 1. The van der Waals surface area contributed by atoms with Crippen molar-refractivity contribution in [1.29, 1.82) is 5.26 Å². The number of aliphatic hydroxyl groups is 1.